The van der Waals surface area contributed by atoms with Crippen LogP contribution in [0.25, 0.3) is 0 Å². The van der Waals surface area contributed by atoms with Crippen LogP contribution < -0.4 is 46.9 Å². The van der Waals surface area contributed by atoms with Crippen molar-refractivity contribution in [2.45, 2.75) is 210 Å². The van der Waals surface area contributed by atoms with Crippen LogP contribution in [0.1, 0.15) is 165 Å². The van der Waals surface area contributed by atoms with Crippen LogP contribution in [0.2, 0.25) is 0 Å². The fourth-order valence-electron chi connectivity index (χ4n) is 19.1. The van der Waals surface area contributed by atoms with Gasteiger partial charge in [-0.25, -0.2) is 27.2 Å². The second kappa shape index (κ2) is 52.6. The highest BCUT2D eigenvalue weighted by molar-refractivity contribution is 6.13. The van der Waals surface area contributed by atoms with E-state index in [1.807, 2.05) is 69.4 Å². The van der Waals surface area contributed by atoms with E-state index >= 15 is 0 Å². The van der Waals surface area contributed by atoms with E-state index in [0.717, 1.165) is 82.3 Å². The average molecular weight is 1540 g/mol. The highest BCUT2D eigenvalue weighted by Crippen LogP contribution is 2.33. The largest absolute Gasteiger partial charge is 0.317 e. The van der Waals surface area contributed by atoms with Crippen LogP contribution >= 0.6 is 23.6 Å². The Balaban J connectivity index is 0.000000216. The summed E-state index contributed by atoms with van der Waals surface area (Å²) in [6, 6.07) is 32.6. The van der Waals surface area contributed by atoms with Crippen molar-refractivity contribution in [2.24, 2.45) is 47.3 Å². The number of benzene rings is 4. The van der Waals surface area contributed by atoms with E-state index in [9.17, 15) is 22.4 Å². The number of carbonyl (C=O) groups excluding carboxylic acids is 1. The van der Waals surface area contributed by atoms with Gasteiger partial charge >= 0.3 is 0 Å². The van der Waals surface area contributed by atoms with Gasteiger partial charge in [0.05, 0.1) is 0 Å². The van der Waals surface area contributed by atoms with Gasteiger partial charge in [-0.05, 0) is 373 Å². The molecule has 4 saturated carbocycles. The van der Waals surface area contributed by atoms with Crippen molar-refractivity contribution in [3.05, 3.63) is 143 Å². The van der Waals surface area contributed by atoms with E-state index in [4.69, 9.17) is 23.6 Å². The summed E-state index contributed by atoms with van der Waals surface area (Å²) in [5, 5.41) is 24.5. The van der Waals surface area contributed by atoms with Crippen molar-refractivity contribution in [3.63, 3.8) is 0 Å². The lowest BCUT2D eigenvalue weighted by molar-refractivity contribution is -0.122. The van der Waals surface area contributed by atoms with Crippen molar-refractivity contribution in [3.8, 4) is 0 Å². The Hall–Kier alpha value is -3.67. The molecule has 4 aliphatic heterocycles. The van der Waals surface area contributed by atoms with Crippen molar-refractivity contribution >= 4 is 29.3 Å². The number of piperidine rings is 4. The second-order valence-electron chi connectivity index (χ2n) is 32.1. The smallest absolute Gasteiger partial charge is 0.133 e. The molecule has 606 valence electrons. The third-order valence-electron chi connectivity index (χ3n) is 24.6. The molecule has 14 nitrogen and oxygen atoms in total. The van der Waals surface area contributed by atoms with Crippen LogP contribution in [0, 0.1) is 70.6 Å². The van der Waals surface area contributed by atoms with Gasteiger partial charge in [-0.2, -0.15) is 0 Å². The fourth-order valence-corrected chi connectivity index (χ4v) is 19.1. The third-order valence-corrected chi connectivity index (χ3v) is 24.6. The summed E-state index contributed by atoms with van der Waals surface area (Å²) >= 11 is 9.50. The molecule has 8 fully saturated rings. The molecule has 4 aromatic rings. The first-order chi connectivity index (χ1) is 52.0. The molecular weight excluding hydrogens is 1390 g/mol. The van der Waals surface area contributed by atoms with Gasteiger partial charge in [0.15, 0.2) is 0 Å². The molecule has 0 unspecified atom stereocenters. The standard InChI is InChI=1S/3C21H34FN3.C20H29FN2O.C2H6.2CH4ClN/c3*1-23-20-9-10-21(24-2)18(13-20)15-25-11-3-4-17(14-25)12-16-5-7-19(22)8-6-16;1-22-20-9-8-19(24)12-17(20)14-23-10-2-3-16(13-23)11-15-4-6-18(21)7-5-15;1-2;2*1-3-2/h3*5-8,17-18,20-21,23-24H,3-4,9-15H2,1-2H3;4-7,16-17,20,22H,2-3,8-14H2,1H3;1-2H3;2*3H,1H3/t3*17-,18-,20+,21+;16-,17-,20+;;;/m0000.../s1. The fraction of sp³-hybridized carbons (Fsp3) is 0.713. The van der Waals surface area contributed by atoms with Gasteiger partial charge in [0.25, 0.3) is 0 Å². The summed E-state index contributed by atoms with van der Waals surface area (Å²) in [5.74, 6) is 5.26. The number of nitrogens with zero attached hydrogens (tertiary/aromatic N) is 4. The summed E-state index contributed by atoms with van der Waals surface area (Å²) in [5.41, 5.74) is 5.04. The maximum Gasteiger partial charge on any atom is 0.133 e. The first-order valence-electron chi connectivity index (χ1n) is 41.6. The molecule has 0 bridgehead atoms. The highest BCUT2D eigenvalue weighted by atomic mass is 35.5. The van der Waals surface area contributed by atoms with Crippen LogP contribution in [-0.2, 0) is 30.5 Å². The van der Waals surface area contributed by atoms with Crippen molar-refractivity contribution < 1.29 is 22.4 Å². The number of ketones is 1. The van der Waals surface area contributed by atoms with Gasteiger partial charge in [0.2, 0.25) is 0 Å². The second-order valence-corrected chi connectivity index (χ2v) is 32.8. The summed E-state index contributed by atoms with van der Waals surface area (Å²) in [7, 11) is 17.9. The van der Waals surface area contributed by atoms with E-state index < -0.39 is 0 Å². The monoisotopic (exact) mass is 1530 g/mol. The summed E-state index contributed by atoms with van der Waals surface area (Å²) in [6.45, 7) is 18.2. The molecule has 12 rings (SSSR count). The zero-order valence-corrected chi connectivity index (χ0v) is 69.3. The van der Waals surface area contributed by atoms with Gasteiger partial charge in [-0.15, -0.1) is 0 Å². The predicted molar refractivity (Wildman–Crippen MR) is 443 cm³/mol. The number of carbonyl (C=O) groups is 1. The summed E-state index contributed by atoms with van der Waals surface area (Å²) in [4.78, 5) is 26.9. The van der Waals surface area contributed by atoms with Crippen LogP contribution in [0.15, 0.2) is 97.1 Å². The van der Waals surface area contributed by atoms with E-state index in [0.29, 0.717) is 77.7 Å². The molecule has 0 amide bonds. The first kappa shape index (κ1) is 92.2. The molecule has 4 aromatic carbocycles. The third kappa shape index (κ3) is 33.9. The molecule has 8 aliphatic rings. The molecule has 0 radical (unpaired) electrons. The average Bonchev–Trinajstić information content (AvgIpc) is 0.855. The molecule has 0 spiro atoms. The number of likely N-dealkylation sites (tertiary alicyclic amines) is 4. The summed E-state index contributed by atoms with van der Waals surface area (Å²) < 4.78 is 52.3. The molecule has 4 aliphatic carbocycles. The van der Waals surface area contributed by atoms with Gasteiger partial charge < -0.3 is 56.8 Å². The number of rotatable bonds is 23. The van der Waals surface area contributed by atoms with Crippen LogP contribution in [-0.4, -0.2) is 210 Å². The highest BCUT2D eigenvalue weighted by Gasteiger charge is 2.36. The predicted octanol–water partition coefficient (Wildman–Crippen LogP) is 14.0. The Morgan fingerprint density at radius 1 is 0.336 bits per heavy atom. The van der Waals surface area contributed by atoms with E-state index in [-0.39, 0.29) is 23.3 Å². The Bertz CT molecular complexity index is 2700. The molecule has 9 N–H and O–H groups in total. The zero-order valence-electron chi connectivity index (χ0n) is 67.8. The molecule has 107 heavy (non-hydrogen) atoms. The van der Waals surface area contributed by atoms with Crippen LogP contribution in [0.3, 0.4) is 0 Å². The Morgan fingerprint density at radius 2 is 0.570 bits per heavy atom. The summed E-state index contributed by atoms with van der Waals surface area (Å²) in [6.07, 6.45) is 28.4. The molecule has 20 heteroatoms. The van der Waals surface area contributed by atoms with Crippen molar-refractivity contribution in [1.82, 2.24) is 66.5 Å². The SMILES string of the molecule is CC.CNCl.CNCl.CN[C@@H]1CCC(=O)C[C@H]1CN1CCC[C@@H](Cc2ccc(F)cc2)C1.CN[C@@H]1CC[C@@H](NC)[C@H](CN2CCC[C@@H](Cc3ccc(F)cc3)C2)C1.CN[C@@H]1CC[C@@H](NC)[C@H](CN2CCC[C@@H](Cc3ccc(F)cc3)C2)C1.CN[C@@H]1CC[C@@H](NC)[C@H](CN2CCC[C@@H](Cc3ccc(F)cc3)C2)C1. The zero-order chi connectivity index (χ0) is 77.3. The maximum atomic E-state index is 13.1. The van der Waals surface area contributed by atoms with Gasteiger partial charge in [-0.3, -0.25) is 4.79 Å². The Labute approximate surface area is 656 Å². The Morgan fingerprint density at radius 3 is 0.804 bits per heavy atom. The number of hydrogen-bond acceptors (Lipinski definition) is 14. The number of nitrogens with one attached hydrogen (secondary N) is 9. The topological polar surface area (TPSA) is 138 Å². The number of halogens is 6. The molecule has 4 saturated heterocycles. The van der Waals surface area contributed by atoms with E-state index in [1.54, 1.807) is 62.6 Å². The van der Waals surface area contributed by atoms with Crippen LogP contribution in [0.5, 0.6) is 0 Å². The minimum Gasteiger partial charge on any atom is -0.317 e. The minimum absolute atomic E-state index is 0.136. The number of hydrogen-bond donors (Lipinski definition) is 9. The van der Waals surface area contributed by atoms with E-state index in [1.165, 1.54) is 190 Å². The number of Topliss-reactive ketones (excluding diaryl/α,β-unsaturated/α-hetero) is 1. The Kier molecular flexibility index (Phi) is 45.3. The maximum absolute atomic E-state index is 13.1. The first-order valence-corrected chi connectivity index (χ1v) is 42.4. The van der Waals surface area contributed by atoms with Gasteiger partial charge in [0.1, 0.15) is 29.1 Å². The van der Waals surface area contributed by atoms with Gasteiger partial charge in [-0.1, -0.05) is 62.4 Å². The normalized spacial score (nSPS) is 28.7. The molecule has 4 heterocycles. The van der Waals surface area contributed by atoms with Crippen molar-refractivity contribution in [1.29, 1.82) is 0 Å². The van der Waals surface area contributed by atoms with Crippen molar-refractivity contribution in [2.75, 3.05) is 142 Å². The lowest BCUT2D eigenvalue weighted by Gasteiger charge is -2.41. The lowest BCUT2D eigenvalue weighted by Crippen LogP contribution is -2.49. The molecule has 15 atom stereocenters. The molecule has 0 aromatic heterocycles. The lowest BCUT2D eigenvalue weighted by atomic mass is 9.80. The van der Waals surface area contributed by atoms with Gasteiger partial charge in [0, 0.05) is 107 Å². The minimum atomic E-state index is -0.163. The quantitative estimate of drug-likeness (QED) is 0.0257. The molecular formula is C87H145Cl2F4N13O. The van der Waals surface area contributed by atoms with Crippen LogP contribution in [0.4, 0.5) is 17.6 Å². The van der Waals surface area contributed by atoms with E-state index in [2.05, 4.69) is 109 Å².